The fourth-order valence-corrected chi connectivity index (χ4v) is 3.77. The smallest absolute Gasteiger partial charge is 0.335 e. The molecule has 1 saturated heterocycles. The summed E-state index contributed by atoms with van der Waals surface area (Å²) in [4.78, 5) is 43.5. The summed E-state index contributed by atoms with van der Waals surface area (Å²) in [5, 5.41) is 4.68. The zero-order valence-electron chi connectivity index (χ0n) is 18.0. The molecular weight excluding hydrogens is 430 g/mol. The molecule has 8 nitrogen and oxygen atoms in total. The molecule has 1 aromatic heterocycles. The molecule has 2 heterocycles. The van der Waals surface area contributed by atoms with E-state index in [9.17, 15) is 14.4 Å². The number of halogens is 1. The maximum atomic E-state index is 13.3. The second-order valence-electron chi connectivity index (χ2n) is 7.95. The Labute approximate surface area is 190 Å². The number of rotatable bonds is 4. The predicted octanol–water partition coefficient (Wildman–Crippen LogP) is 1.79. The maximum Gasteiger partial charge on any atom is 0.352 e. The second kappa shape index (κ2) is 9.10. The number of aromatic nitrogens is 3. The van der Waals surface area contributed by atoms with E-state index in [0.717, 1.165) is 20.4 Å². The van der Waals surface area contributed by atoms with Crippen molar-refractivity contribution >= 4 is 17.5 Å². The molecule has 0 atom stereocenters. The molecule has 3 aromatic rings. The molecule has 0 aliphatic carbocycles. The minimum absolute atomic E-state index is 0.0314. The van der Waals surface area contributed by atoms with E-state index in [-0.39, 0.29) is 12.2 Å². The zero-order valence-corrected chi connectivity index (χ0v) is 18.7. The standard InChI is InChI=1S/C23H24ClN5O3/c1-16-8-9-18(14-19(16)24)29-23(32)28(15-17-6-4-3-5-7-17)22(31)20(25-29)21(30)27-12-10-26(2)11-13-27/h3-9,14H,10-13,15H2,1-2H3. The van der Waals surface area contributed by atoms with Gasteiger partial charge in [0, 0.05) is 31.2 Å². The van der Waals surface area contributed by atoms with E-state index in [2.05, 4.69) is 10.00 Å². The van der Waals surface area contributed by atoms with Gasteiger partial charge in [0.25, 0.3) is 11.5 Å². The van der Waals surface area contributed by atoms with E-state index in [1.54, 1.807) is 23.1 Å². The number of carbonyl (C=O) groups excluding carboxylic acids is 1. The summed E-state index contributed by atoms with van der Waals surface area (Å²) in [5.41, 5.74) is 0.395. The van der Waals surface area contributed by atoms with Crippen molar-refractivity contribution in [2.45, 2.75) is 13.5 Å². The van der Waals surface area contributed by atoms with Crippen molar-refractivity contribution in [1.82, 2.24) is 24.1 Å². The monoisotopic (exact) mass is 453 g/mol. The van der Waals surface area contributed by atoms with Crippen LogP contribution in [-0.2, 0) is 6.54 Å². The first kappa shape index (κ1) is 22.0. The van der Waals surface area contributed by atoms with Gasteiger partial charge in [-0.25, -0.2) is 4.79 Å². The number of benzene rings is 2. The lowest BCUT2D eigenvalue weighted by Gasteiger charge is -2.32. The van der Waals surface area contributed by atoms with Crippen LogP contribution in [0.25, 0.3) is 5.69 Å². The van der Waals surface area contributed by atoms with Gasteiger partial charge in [0.1, 0.15) is 0 Å². The van der Waals surface area contributed by atoms with Crippen LogP contribution < -0.4 is 11.2 Å². The predicted molar refractivity (Wildman–Crippen MR) is 123 cm³/mol. The summed E-state index contributed by atoms with van der Waals surface area (Å²) >= 11 is 6.26. The van der Waals surface area contributed by atoms with Gasteiger partial charge in [0.05, 0.1) is 12.2 Å². The molecule has 0 unspecified atom stereocenters. The molecule has 4 rings (SSSR count). The fourth-order valence-electron chi connectivity index (χ4n) is 3.60. The maximum absolute atomic E-state index is 13.3. The molecule has 1 aliphatic rings. The lowest BCUT2D eigenvalue weighted by molar-refractivity contribution is 0.0652. The first-order valence-electron chi connectivity index (χ1n) is 10.4. The zero-order chi connectivity index (χ0) is 22.8. The highest BCUT2D eigenvalue weighted by Crippen LogP contribution is 2.18. The van der Waals surface area contributed by atoms with Gasteiger partial charge in [-0.3, -0.25) is 14.2 Å². The number of carbonyl (C=O) groups is 1. The van der Waals surface area contributed by atoms with Crippen LogP contribution in [0.5, 0.6) is 0 Å². The first-order chi connectivity index (χ1) is 15.3. The average Bonchev–Trinajstić information content (AvgIpc) is 2.79. The molecule has 2 aromatic carbocycles. The van der Waals surface area contributed by atoms with Crippen molar-refractivity contribution < 1.29 is 4.79 Å². The molecule has 0 radical (unpaired) electrons. The normalized spacial score (nSPS) is 14.5. The Hall–Kier alpha value is -3.23. The van der Waals surface area contributed by atoms with Crippen LogP contribution >= 0.6 is 11.6 Å². The highest BCUT2D eigenvalue weighted by atomic mass is 35.5. The third-order valence-electron chi connectivity index (χ3n) is 5.64. The van der Waals surface area contributed by atoms with Crippen molar-refractivity contribution in [3.05, 3.63) is 91.2 Å². The van der Waals surface area contributed by atoms with Crippen molar-refractivity contribution in [2.75, 3.05) is 33.2 Å². The SMILES string of the molecule is Cc1ccc(-n2nc(C(=O)N3CCN(C)CC3)c(=O)n(Cc3ccccc3)c2=O)cc1Cl. The van der Waals surface area contributed by atoms with Gasteiger partial charge in [0.2, 0.25) is 5.69 Å². The van der Waals surface area contributed by atoms with Crippen molar-refractivity contribution in [1.29, 1.82) is 0 Å². The van der Waals surface area contributed by atoms with Crippen LogP contribution in [0.15, 0.2) is 58.1 Å². The largest absolute Gasteiger partial charge is 0.352 e. The van der Waals surface area contributed by atoms with Crippen LogP contribution in [0.2, 0.25) is 5.02 Å². The lowest BCUT2D eigenvalue weighted by atomic mass is 10.2. The first-order valence-corrected chi connectivity index (χ1v) is 10.8. The van der Waals surface area contributed by atoms with Gasteiger partial charge in [-0.05, 0) is 37.2 Å². The number of hydrogen-bond donors (Lipinski definition) is 0. The molecule has 1 fully saturated rings. The summed E-state index contributed by atoms with van der Waals surface area (Å²) in [6, 6.07) is 14.2. The second-order valence-corrected chi connectivity index (χ2v) is 8.36. The average molecular weight is 454 g/mol. The Kier molecular flexibility index (Phi) is 6.25. The Balaban J connectivity index is 1.86. The molecule has 0 bridgehead atoms. The number of nitrogens with zero attached hydrogens (tertiary/aromatic N) is 5. The third kappa shape index (κ3) is 4.37. The Morgan fingerprint density at radius 3 is 2.38 bits per heavy atom. The van der Waals surface area contributed by atoms with Crippen LogP contribution in [-0.4, -0.2) is 63.3 Å². The Morgan fingerprint density at radius 1 is 1.03 bits per heavy atom. The van der Waals surface area contributed by atoms with Crippen LogP contribution in [0.4, 0.5) is 0 Å². The lowest BCUT2D eigenvalue weighted by Crippen LogP contribution is -2.51. The highest BCUT2D eigenvalue weighted by Gasteiger charge is 2.27. The molecule has 0 spiro atoms. The van der Waals surface area contributed by atoms with E-state index in [4.69, 9.17) is 11.6 Å². The topological polar surface area (TPSA) is 80.4 Å². The summed E-state index contributed by atoms with van der Waals surface area (Å²) in [6.07, 6.45) is 0. The number of piperazine rings is 1. The number of amides is 1. The third-order valence-corrected chi connectivity index (χ3v) is 6.04. The van der Waals surface area contributed by atoms with E-state index >= 15 is 0 Å². The Bertz CT molecular complexity index is 1260. The molecule has 0 N–H and O–H groups in total. The van der Waals surface area contributed by atoms with Crippen LogP contribution in [0.3, 0.4) is 0 Å². The van der Waals surface area contributed by atoms with Gasteiger partial charge in [-0.2, -0.15) is 9.78 Å². The minimum atomic E-state index is -0.697. The van der Waals surface area contributed by atoms with Crippen LogP contribution in [0.1, 0.15) is 21.6 Å². The van der Waals surface area contributed by atoms with Crippen molar-refractivity contribution in [3.8, 4) is 5.69 Å². The van der Waals surface area contributed by atoms with Crippen LogP contribution in [0, 0.1) is 6.92 Å². The van der Waals surface area contributed by atoms with Gasteiger partial charge in [-0.15, -0.1) is 0 Å². The fraction of sp³-hybridized carbons (Fsp3) is 0.304. The van der Waals surface area contributed by atoms with Gasteiger partial charge in [-0.1, -0.05) is 48.0 Å². The van der Waals surface area contributed by atoms with E-state index < -0.39 is 17.2 Å². The summed E-state index contributed by atoms with van der Waals surface area (Å²) < 4.78 is 2.14. The van der Waals surface area contributed by atoms with Crippen molar-refractivity contribution in [2.24, 2.45) is 0 Å². The summed E-state index contributed by atoms with van der Waals surface area (Å²) in [5.74, 6) is -0.475. The van der Waals surface area contributed by atoms with E-state index in [1.807, 2.05) is 44.3 Å². The number of aryl methyl sites for hydroxylation is 1. The molecule has 166 valence electrons. The number of likely N-dealkylation sites (N-methyl/N-ethyl adjacent to an activating group) is 1. The number of hydrogen-bond acceptors (Lipinski definition) is 5. The minimum Gasteiger partial charge on any atom is -0.335 e. The molecular formula is C23H24ClN5O3. The molecule has 32 heavy (non-hydrogen) atoms. The van der Waals surface area contributed by atoms with Gasteiger partial charge >= 0.3 is 5.69 Å². The highest BCUT2D eigenvalue weighted by molar-refractivity contribution is 6.31. The van der Waals surface area contributed by atoms with Crippen molar-refractivity contribution in [3.63, 3.8) is 0 Å². The quantitative estimate of drug-likeness (QED) is 0.601. The van der Waals surface area contributed by atoms with Gasteiger partial charge in [0.15, 0.2) is 0 Å². The Morgan fingerprint density at radius 2 is 1.72 bits per heavy atom. The molecule has 0 saturated carbocycles. The molecule has 9 heteroatoms. The van der Waals surface area contributed by atoms with E-state index in [0.29, 0.717) is 36.9 Å². The molecule has 1 amide bonds. The molecule has 1 aliphatic heterocycles. The summed E-state index contributed by atoms with van der Waals surface area (Å²) in [6.45, 7) is 4.27. The summed E-state index contributed by atoms with van der Waals surface area (Å²) in [7, 11) is 1.98. The van der Waals surface area contributed by atoms with Gasteiger partial charge < -0.3 is 9.80 Å². The van der Waals surface area contributed by atoms with E-state index in [1.165, 1.54) is 0 Å².